The van der Waals surface area contributed by atoms with Gasteiger partial charge in [-0.2, -0.15) is 10.2 Å². The van der Waals surface area contributed by atoms with Gasteiger partial charge in [0.15, 0.2) is 0 Å². The predicted molar refractivity (Wildman–Crippen MR) is 103 cm³/mol. The fourth-order valence-corrected chi connectivity index (χ4v) is 3.10. The van der Waals surface area contributed by atoms with Gasteiger partial charge in [-0.1, -0.05) is 48.5 Å². The number of hydrogen-bond donors (Lipinski definition) is 2. The molecule has 0 saturated carbocycles. The first-order valence-electron chi connectivity index (χ1n) is 7.78. The molecule has 0 aliphatic carbocycles. The number of benzene rings is 2. The minimum absolute atomic E-state index is 0.765. The van der Waals surface area contributed by atoms with Crippen LogP contribution in [0.2, 0.25) is 0 Å². The van der Waals surface area contributed by atoms with Gasteiger partial charge in [0.1, 0.15) is 0 Å². The molecule has 0 radical (unpaired) electrons. The fourth-order valence-electron chi connectivity index (χ4n) is 2.44. The number of hydrazone groups is 1. The second-order valence-corrected chi connectivity index (χ2v) is 6.24. The van der Waals surface area contributed by atoms with E-state index in [1.54, 1.807) is 12.4 Å². The zero-order valence-corrected chi connectivity index (χ0v) is 14.1. The molecular weight excluding hydrogens is 330 g/mol. The molecule has 2 aromatic carbocycles. The summed E-state index contributed by atoms with van der Waals surface area (Å²) in [7, 11) is 0. The number of anilines is 1. The van der Waals surface area contributed by atoms with Crippen LogP contribution in [-0.4, -0.2) is 21.4 Å². The minimum Gasteiger partial charge on any atom is -0.285 e. The van der Waals surface area contributed by atoms with Gasteiger partial charge < -0.3 is 0 Å². The molecule has 4 rings (SSSR count). The van der Waals surface area contributed by atoms with Crippen molar-refractivity contribution in [1.82, 2.24) is 15.2 Å². The molecule has 4 aromatic rings. The topological polar surface area (TPSA) is 66.0 Å². The lowest BCUT2D eigenvalue weighted by Gasteiger charge is -1.99. The highest BCUT2D eigenvalue weighted by Gasteiger charge is 2.03. The number of rotatable bonds is 5. The highest BCUT2D eigenvalue weighted by Crippen LogP contribution is 2.24. The van der Waals surface area contributed by atoms with Crippen LogP contribution in [-0.2, 0) is 0 Å². The van der Waals surface area contributed by atoms with E-state index >= 15 is 0 Å². The maximum absolute atomic E-state index is 4.55. The normalized spacial score (nSPS) is 11.0. The molecule has 2 heterocycles. The lowest BCUT2D eigenvalue weighted by atomic mass is 10.1. The summed E-state index contributed by atoms with van der Waals surface area (Å²) < 4.78 is 0. The van der Waals surface area contributed by atoms with Crippen LogP contribution in [0, 0.1) is 0 Å². The molecule has 2 aromatic heterocycles. The van der Waals surface area contributed by atoms with Gasteiger partial charge in [-0.25, -0.2) is 4.98 Å². The lowest BCUT2D eigenvalue weighted by Crippen LogP contribution is -1.90. The van der Waals surface area contributed by atoms with Gasteiger partial charge in [0.05, 0.1) is 18.1 Å². The third-order valence-corrected chi connectivity index (χ3v) is 4.41. The van der Waals surface area contributed by atoms with E-state index in [4.69, 9.17) is 0 Å². The Morgan fingerprint density at radius 3 is 2.72 bits per heavy atom. The summed E-state index contributed by atoms with van der Waals surface area (Å²) in [6.07, 6.45) is 5.46. The van der Waals surface area contributed by atoms with Crippen molar-refractivity contribution < 1.29 is 0 Å². The molecule has 0 bridgehead atoms. The molecule has 122 valence electrons. The van der Waals surface area contributed by atoms with Crippen molar-refractivity contribution >= 4 is 22.7 Å². The van der Waals surface area contributed by atoms with Crippen molar-refractivity contribution in [3.8, 4) is 22.4 Å². The Morgan fingerprint density at radius 1 is 1.00 bits per heavy atom. The van der Waals surface area contributed by atoms with E-state index in [0.29, 0.717) is 0 Å². The number of nitrogens with zero attached hydrogens (tertiary/aromatic N) is 3. The van der Waals surface area contributed by atoms with Crippen LogP contribution in [0.25, 0.3) is 22.4 Å². The molecule has 25 heavy (non-hydrogen) atoms. The highest BCUT2D eigenvalue weighted by atomic mass is 32.1. The van der Waals surface area contributed by atoms with E-state index in [0.717, 1.165) is 33.1 Å². The smallest absolute Gasteiger partial charge is 0.203 e. The van der Waals surface area contributed by atoms with E-state index < -0.39 is 0 Å². The standard InChI is InChI=1S/C19H15N5S/c1-2-6-15(7-3-1)18-13-25-19(23-18)24-22-10-14-5-4-8-16(9-14)17-11-20-21-12-17/h1-13H,(H,20,21)(H,23,24). The highest BCUT2D eigenvalue weighted by molar-refractivity contribution is 7.14. The summed E-state index contributed by atoms with van der Waals surface area (Å²) in [5.74, 6) is 0. The number of hydrogen-bond acceptors (Lipinski definition) is 5. The first-order chi connectivity index (χ1) is 12.4. The number of H-pyrrole nitrogens is 1. The van der Waals surface area contributed by atoms with Crippen molar-refractivity contribution in [2.45, 2.75) is 0 Å². The van der Waals surface area contributed by atoms with E-state index in [1.165, 1.54) is 11.3 Å². The molecule has 0 saturated heterocycles. The first-order valence-corrected chi connectivity index (χ1v) is 8.66. The minimum atomic E-state index is 0.765. The molecule has 0 unspecified atom stereocenters. The average Bonchev–Trinajstić information content (AvgIpc) is 3.35. The number of nitrogens with one attached hydrogen (secondary N) is 2. The number of aromatic nitrogens is 3. The van der Waals surface area contributed by atoms with Crippen LogP contribution in [0.5, 0.6) is 0 Å². The van der Waals surface area contributed by atoms with Gasteiger partial charge >= 0.3 is 0 Å². The molecule has 5 nitrogen and oxygen atoms in total. The zero-order chi connectivity index (χ0) is 16.9. The molecule has 0 spiro atoms. The Morgan fingerprint density at radius 2 is 1.88 bits per heavy atom. The summed E-state index contributed by atoms with van der Waals surface area (Å²) in [5, 5.41) is 13.9. The van der Waals surface area contributed by atoms with Gasteiger partial charge in [-0.3, -0.25) is 10.5 Å². The van der Waals surface area contributed by atoms with Gasteiger partial charge in [0.2, 0.25) is 5.13 Å². The summed E-state index contributed by atoms with van der Waals surface area (Å²) in [6, 6.07) is 18.2. The molecule has 0 aliphatic rings. The second-order valence-electron chi connectivity index (χ2n) is 5.39. The molecule has 0 amide bonds. The van der Waals surface area contributed by atoms with Crippen LogP contribution >= 0.6 is 11.3 Å². The van der Waals surface area contributed by atoms with Crippen molar-refractivity contribution in [3.05, 3.63) is 77.9 Å². The van der Waals surface area contributed by atoms with Crippen molar-refractivity contribution in [3.63, 3.8) is 0 Å². The fraction of sp³-hybridized carbons (Fsp3) is 0. The predicted octanol–water partition coefficient (Wildman–Crippen LogP) is 4.65. The molecule has 0 fully saturated rings. The lowest BCUT2D eigenvalue weighted by molar-refractivity contribution is 1.09. The van der Waals surface area contributed by atoms with Gasteiger partial charge in [-0.05, 0) is 17.2 Å². The second kappa shape index (κ2) is 7.11. The van der Waals surface area contributed by atoms with Gasteiger partial charge in [0.25, 0.3) is 0 Å². The summed E-state index contributed by atoms with van der Waals surface area (Å²) in [4.78, 5) is 4.55. The number of aromatic amines is 1. The summed E-state index contributed by atoms with van der Waals surface area (Å²) in [6.45, 7) is 0. The Bertz CT molecular complexity index is 974. The Balaban J connectivity index is 1.45. The Labute approximate surface area is 149 Å². The summed E-state index contributed by atoms with van der Waals surface area (Å²) in [5.41, 5.74) is 8.20. The average molecular weight is 345 g/mol. The first kappa shape index (κ1) is 15.3. The van der Waals surface area contributed by atoms with Crippen LogP contribution in [0.4, 0.5) is 5.13 Å². The monoisotopic (exact) mass is 345 g/mol. The molecular formula is C19H15N5S. The van der Waals surface area contributed by atoms with E-state index in [-0.39, 0.29) is 0 Å². The van der Waals surface area contributed by atoms with Crippen LogP contribution in [0.15, 0.2) is 77.5 Å². The van der Waals surface area contributed by atoms with E-state index in [1.807, 2.05) is 60.1 Å². The number of thiazole rings is 1. The third kappa shape index (κ3) is 3.64. The SMILES string of the molecule is C(=NNc1nc(-c2ccccc2)cs1)c1cccc(-c2cn[nH]c2)c1. The van der Waals surface area contributed by atoms with Crippen molar-refractivity contribution in [2.75, 3.05) is 5.43 Å². The van der Waals surface area contributed by atoms with E-state index in [9.17, 15) is 0 Å². The summed E-state index contributed by atoms with van der Waals surface area (Å²) >= 11 is 1.53. The van der Waals surface area contributed by atoms with Gasteiger partial charge in [0, 0.05) is 22.7 Å². The van der Waals surface area contributed by atoms with Crippen molar-refractivity contribution in [2.24, 2.45) is 5.10 Å². The quantitative estimate of drug-likeness (QED) is 0.409. The maximum Gasteiger partial charge on any atom is 0.203 e. The van der Waals surface area contributed by atoms with Crippen LogP contribution in [0.1, 0.15) is 5.56 Å². The van der Waals surface area contributed by atoms with Crippen molar-refractivity contribution in [1.29, 1.82) is 0 Å². The Kier molecular flexibility index (Phi) is 4.35. The largest absolute Gasteiger partial charge is 0.285 e. The van der Waals surface area contributed by atoms with Gasteiger partial charge in [-0.15, -0.1) is 11.3 Å². The Hall–Kier alpha value is -3.25. The van der Waals surface area contributed by atoms with E-state index in [2.05, 4.69) is 31.8 Å². The third-order valence-electron chi connectivity index (χ3n) is 3.67. The zero-order valence-electron chi connectivity index (χ0n) is 13.3. The molecule has 0 aliphatic heterocycles. The molecule has 6 heteroatoms. The molecule has 0 atom stereocenters. The van der Waals surface area contributed by atoms with Crippen LogP contribution in [0.3, 0.4) is 0 Å². The maximum atomic E-state index is 4.55. The van der Waals surface area contributed by atoms with Crippen LogP contribution < -0.4 is 5.43 Å². The molecule has 2 N–H and O–H groups in total.